The van der Waals surface area contributed by atoms with Gasteiger partial charge in [0.05, 0.1) is 18.8 Å². The SMILES string of the molecule is CCCC/C=C/CC/C=C/CC/C=C/C(O)C(CO)NC(=O)CCCCCCCC/C=C\C/C=C\C/C=C\CCCCC. The number of hydrogen-bond acceptors (Lipinski definition) is 3. The van der Waals surface area contributed by atoms with Gasteiger partial charge >= 0.3 is 0 Å². The quantitative estimate of drug-likeness (QED) is 0.0570. The zero-order valence-electron chi connectivity index (χ0n) is 27.9. The van der Waals surface area contributed by atoms with E-state index in [0.29, 0.717) is 6.42 Å². The molecule has 0 fully saturated rings. The standard InChI is InChI=1S/C39H67NO3/c1-3-5-7-9-11-13-15-17-18-19-20-21-22-23-25-27-29-31-33-35-39(43)40-37(36-41)38(42)34-32-30-28-26-24-16-14-12-10-8-6-4-2/h10-13,17-18,20-21,24,26,32,34,37-38,41-42H,3-9,14-16,19,22-23,25,27-31,33,35-36H2,1-2H3,(H,40,43)/b12-10+,13-11-,18-17-,21-20-,26-24+,34-32+. The summed E-state index contributed by atoms with van der Waals surface area (Å²) in [4.78, 5) is 12.3. The molecule has 4 nitrogen and oxygen atoms in total. The Hall–Kier alpha value is -2.17. The van der Waals surface area contributed by atoms with Gasteiger partial charge in [-0.2, -0.15) is 0 Å². The second-order valence-electron chi connectivity index (χ2n) is 11.6. The zero-order chi connectivity index (χ0) is 31.5. The van der Waals surface area contributed by atoms with Crippen molar-refractivity contribution in [2.45, 2.75) is 161 Å². The third-order valence-corrected chi connectivity index (χ3v) is 7.39. The van der Waals surface area contributed by atoms with Crippen molar-refractivity contribution < 1.29 is 15.0 Å². The van der Waals surface area contributed by atoms with E-state index in [-0.39, 0.29) is 12.5 Å². The van der Waals surface area contributed by atoms with Crippen LogP contribution in [0.2, 0.25) is 0 Å². The first kappa shape index (κ1) is 40.8. The van der Waals surface area contributed by atoms with E-state index >= 15 is 0 Å². The monoisotopic (exact) mass is 598 g/mol. The fraction of sp³-hybridized carbons (Fsp3) is 0.667. The first-order valence-electron chi connectivity index (χ1n) is 17.7. The molecule has 0 spiro atoms. The van der Waals surface area contributed by atoms with E-state index in [2.05, 4.69) is 79.9 Å². The Kier molecular flexibility index (Phi) is 32.6. The molecule has 0 aliphatic carbocycles. The minimum atomic E-state index is -0.876. The van der Waals surface area contributed by atoms with Crippen molar-refractivity contribution >= 4 is 5.91 Å². The number of hydrogen-bond donors (Lipinski definition) is 3. The van der Waals surface area contributed by atoms with Crippen LogP contribution in [0.15, 0.2) is 72.9 Å². The van der Waals surface area contributed by atoms with E-state index in [4.69, 9.17) is 0 Å². The van der Waals surface area contributed by atoms with E-state index < -0.39 is 12.1 Å². The minimum Gasteiger partial charge on any atom is -0.394 e. The maximum Gasteiger partial charge on any atom is 0.220 e. The number of carbonyl (C=O) groups is 1. The molecule has 0 radical (unpaired) electrons. The van der Waals surface area contributed by atoms with Gasteiger partial charge in [0, 0.05) is 6.42 Å². The predicted molar refractivity (Wildman–Crippen MR) is 188 cm³/mol. The molecule has 0 saturated carbocycles. The van der Waals surface area contributed by atoms with Crippen LogP contribution in [0.3, 0.4) is 0 Å². The summed E-state index contributed by atoms with van der Waals surface area (Å²) in [5, 5.41) is 22.8. The molecule has 2 atom stereocenters. The molecule has 246 valence electrons. The summed E-state index contributed by atoms with van der Waals surface area (Å²) in [6, 6.07) is -0.653. The van der Waals surface area contributed by atoms with Crippen LogP contribution in [-0.2, 0) is 4.79 Å². The number of aliphatic hydroxyl groups excluding tert-OH is 2. The first-order valence-corrected chi connectivity index (χ1v) is 17.7. The molecule has 0 rings (SSSR count). The summed E-state index contributed by atoms with van der Waals surface area (Å²) >= 11 is 0. The number of unbranched alkanes of at least 4 members (excludes halogenated alkanes) is 13. The summed E-state index contributed by atoms with van der Waals surface area (Å²) < 4.78 is 0. The number of rotatable bonds is 30. The van der Waals surface area contributed by atoms with E-state index in [1.165, 1.54) is 64.2 Å². The van der Waals surface area contributed by atoms with Crippen LogP contribution in [0.1, 0.15) is 149 Å². The van der Waals surface area contributed by atoms with Crippen LogP contribution in [0.25, 0.3) is 0 Å². The van der Waals surface area contributed by atoms with Gasteiger partial charge in [0.25, 0.3) is 0 Å². The van der Waals surface area contributed by atoms with Gasteiger partial charge in [0.15, 0.2) is 0 Å². The van der Waals surface area contributed by atoms with Gasteiger partial charge in [-0.25, -0.2) is 0 Å². The van der Waals surface area contributed by atoms with Crippen molar-refractivity contribution in [1.82, 2.24) is 5.32 Å². The van der Waals surface area contributed by atoms with Gasteiger partial charge in [-0.1, -0.05) is 138 Å². The lowest BCUT2D eigenvalue weighted by Crippen LogP contribution is -2.45. The van der Waals surface area contributed by atoms with Crippen LogP contribution >= 0.6 is 0 Å². The second-order valence-corrected chi connectivity index (χ2v) is 11.6. The van der Waals surface area contributed by atoms with Gasteiger partial charge in [-0.3, -0.25) is 4.79 Å². The fourth-order valence-corrected chi connectivity index (χ4v) is 4.61. The summed E-state index contributed by atoms with van der Waals surface area (Å²) in [7, 11) is 0. The van der Waals surface area contributed by atoms with E-state index in [9.17, 15) is 15.0 Å². The Bertz CT molecular complexity index is 777. The van der Waals surface area contributed by atoms with Gasteiger partial charge in [-0.05, 0) is 77.0 Å². The maximum absolute atomic E-state index is 12.3. The summed E-state index contributed by atoms with van der Waals surface area (Å²) in [5.74, 6) is -0.0969. The van der Waals surface area contributed by atoms with Crippen LogP contribution < -0.4 is 5.32 Å². The minimum absolute atomic E-state index is 0.0969. The second kappa shape index (κ2) is 34.3. The van der Waals surface area contributed by atoms with E-state index in [0.717, 1.165) is 64.2 Å². The molecule has 0 saturated heterocycles. The molecule has 0 aromatic heterocycles. The highest BCUT2D eigenvalue weighted by Gasteiger charge is 2.17. The number of carbonyl (C=O) groups excluding carboxylic acids is 1. The van der Waals surface area contributed by atoms with Crippen molar-refractivity contribution in [3.05, 3.63) is 72.9 Å². The summed E-state index contributed by atoms with van der Waals surface area (Å²) in [5.41, 5.74) is 0. The molecule has 4 heteroatoms. The third kappa shape index (κ3) is 31.1. The Morgan fingerprint density at radius 3 is 1.58 bits per heavy atom. The topological polar surface area (TPSA) is 69.6 Å². The summed E-state index contributed by atoms with van der Waals surface area (Å²) in [6.45, 7) is 4.18. The van der Waals surface area contributed by atoms with Gasteiger partial charge < -0.3 is 15.5 Å². The molecule has 1 amide bonds. The molecule has 0 aromatic carbocycles. The van der Waals surface area contributed by atoms with Crippen molar-refractivity contribution in [2.24, 2.45) is 0 Å². The largest absolute Gasteiger partial charge is 0.394 e. The smallest absolute Gasteiger partial charge is 0.220 e. The van der Waals surface area contributed by atoms with Gasteiger partial charge in [-0.15, -0.1) is 0 Å². The number of nitrogens with one attached hydrogen (secondary N) is 1. The Balaban J connectivity index is 3.75. The Morgan fingerprint density at radius 2 is 1.00 bits per heavy atom. The zero-order valence-corrected chi connectivity index (χ0v) is 27.9. The molecule has 0 bridgehead atoms. The third-order valence-electron chi connectivity index (χ3n) is 7.39. The molecule has 0 heterocycles. The lowest BCUT2D eigenvalue weighted by Gasteiger charge is -2.19. The average molecular weight is 598 g/mol. The van der Waals surface area contributed by atoms with E-state index in [1.54, 1.807) is 6.08 Å². The molecule has 3 N–H and O–H groups in total. The molecule has 0 aromatic rings. The maximum atomic E-state index is 12.3. The van der Waals surface area contributed by atoms with Crippen LogP contribution in [0.4, 0.5) is 0 Å². The number of amides is 1. The van der Waals surface area contributed by atoms with E-state index in [1.807, 2.05) is 6.08 Å². The summed E-state index contributed by atoms with van der Waals surface area (Å²) in [6.07, 6.45) is 48.3. The number of allylic oxidation sites excluding steroid dienone is 11. The first-order chi connectivity index (χ1) is 21.2. The van der Waals surface area contributed by atoms with Crippen molar-refractivity contribution in [3.63, 3.8) is 0 Å². The van der Waals surface area contributed by atoms with Crippen LogP contribution in [-0.4, -0.2) is 34.9 Å². The van der Waals surface area contributed by atoms with Crippen molar-refractivity contribution in [1.29, 1.82) is 0 Å². The molecule has 43 heavy (non-hydrogen) atoms. The Labute approximate surface area is 266 Å². The highest BCUT2D eigenvalue weighted by atomic mass is 16.3. The van der Waals surface area contributed by atoms with Crippen LogP contribution in [0.5, 0.6) is 0 Å². The lowest BCUT2D eigenvalue weighted by molar-refractivity contribution is -0.123. The predicted octanol–water partition coefficient (Wildman–Crippen LogP) is 10.4. The van der Waals surface area contributed by atoms with Crippen molar-refractivity contribution in [3.8, 4) is 0 Å². The van der Waals surface area contributed by atoms with Crippen molar-refractivity contribution in [2.75, 3.05) is 6.61 Å². The average Bonchev–Trinajstić information content (AvgIpc) is 3.01. The van der Waals surface area contributed by atoms with Gasteiger partial charge in [0.2, 0.25) is 5.91 Å². The number of aliphatic hydroxyl groups is 2. The normalized spacial score (nSPS) is 14.0. The molecular weight excluding hydrogens is 530 g/mol. The fourth-order valence-electron chi connectivity index (χ4n) is 4.61. The molecular formula is C39H67NO3. The van der Waals surface area contributed by atoms with Gasteiger partial charge in [0.1, 0.15) is 0 Å². The molecule has 2 unspecified atom stereocenters. The highest BCUT2D eigenvalue weighted by molar-refractivity contribution is 5.76. The Morgan fingerprint density at radius 1 is 0.558 bits per heavy atom. The highest BCUT2D eigenvalue weighted by Crippen LogP contribution is 2.10. The molecule has 0 aliphatic heterocycles. The molecule has 0 aliphatic rings. The van der Waals surface area contributed by atoms with Crippen LogP contribution in [0, 0.1) is 0 Å². The lowest BCUT2D eigenvalue weighted by atomic mass is 10.1.